The number of amides is 1. The minimum atomic E-state index is -0.460. The SMILES string of the molecule is CCCC(=O)NC(=S)Nc1ccc(-c2cc3ccccc3oc2=O)c(Cl)c1. The molecule has 0 bridgehead atoms. The number of halogens is 1. The van der Waals surface area contributed by atoms with Crippen molar-refractivity contribution < 1.29 is 9.21 Å². The summed E-state index contributed by atoms with van der Waals surface area (Å²) in [5.41, 5.74) is 1.61. The summed E-state index contributed by atoms with van der Waals surface area (Å²) in [5, 5.41) is 6.88. The van der Waals surface area contributed by atoms with Crippen LogP contribution in [0.1, 0.15) is 19.8 Å². The quantitative estimate of drug-likeness (QED) is 0.489. The van der Waals surface area contributed by atoms with Crippen molar-refractivity contribution in [3.63, 3.8) is 0 Å². The van der Waals surface area contributed by atoms with Gasteiger partial charge < -0.3 is 15.1 Å². The van der Waals surface area contributed by atoms with Gasteiger partial charge in [0.2, 0.25) is 5.91 Å². The van der Waals surface area contributed by atoms with Gasteiger partial charge in [0.05, 0.1) is 10.6 Å². The van der Waals surface area contributed by atoms with Crippen LogP contribution in [0.5, 0.6) is 0 Å². The first-order valence-corrected chi connectivity index (χ1v) is 9.20. The maximum Gasteiger partial charge on any atom is 0.344 e. The van der Waals surface area contributed by atoms with Crippen molar-refractivity contribution in [3.05, 3.63) is 64.0 Å². The lowest BCUT2D eigenvalue weighted by molar-refractivity contribution is -0.119. The van der Waals surface area contributed by atoms with E-state index in [1.807, 2.05) is 19.1 Å². The largest absolute Gasteiger partial charge is 0.422 e. The number of rotatable bonds is 4. The molecule has 1 heterocycles. The Morgan fingerprint density at radius 1 is 1.15 bits per heavy atom. The fourth-order valence-corrected chi connectivity index (χ4v) is 3.15. The van der Waals surface area contributed by atoms with Gasteiger partial charge in [-0.2, -0.15) is 0 Å². The predicted molar refractivity (Wildman–Crippen MR) is 112 cm³/mol. The summed E-state index contributed by atoms with van der Waals surface area (Å²) >= 11 is 11.5. The zero-order chi connectivity index (χ0) is 19.4. The molecule has 0 radical (unpaired) electrons. The molecule has 1 amide bonds. The zero-order valence-corrected chi connectivity index (χ0v) is 16.1. The second kappa shape index (κ2) is 8.33. The maximum atomic E-state index is 12.3. The van der Waals surface area contributed by atoms with Gasteiger partial charge in [-0.25, -0.2) is 4.79 Å². The first-order chi connectivity index (χ1) is 13.0. The third kappa shape index (κ3) is 4.53. The van der Waals surface area contributed by atoms with Gasteiger partial charge in [-0.3, -0.25) is 4.79 Å². The van der Waals surface area contributed by atoms with Crippen LogP contribution >= 0.6 is 23.8 Å². The lowest BCUT2D eigenvalue weighted by Crippen LogP contribution is -2.33. The Morgan fingerprint density at radius 2 is 1.93 bits per heavy atom. The molecule has 0 fully saturated rings. The van der Waals surface area contributed by atoms with Crippen molar-refractivity contribution in [1.29, 1.82) is 0 Å². The fraction of sp³-hybridized carbons (Fsp3) is 0.150. The summed E-state index contributed by atoms with van der Waals surface area (Å²) < 4.78 is 5.37. The zero-order valence-electron chi connectivity index (χ0n) is 14.5. The molecule has 3 rings (SSSR count). The third-order valence-corrected chi connectivity index (χ3v) is 4.41. The van der Waals surface area contributed by atoms with E-state index >= 15 is 0 Å². The molecular weight excluding hydrogens is 384 g/mol. The van der Waals surface area contributed by atoms with Gasteiger partial charge in [0, 0.05) is 23.1 Å². The number of fused-ring (bicyclic) bond motifs is 1. The Balaban J connectivity index is 1.85. The molecule has 1 aromatic heterocycles. The molecule has 0 aliphatic heterocycles. The summed E-state index contributed by atoms with van der Waals surface area (Å²) in [6.07, 6.45) is 1.14. The minimum absolute atomic E-state index is 0.147. The molecule has 2 aromatic carbocycles. The first-order valence-electron chi connectivity index (χ1n) is 8.41. The van der Waals surface area contributed by atoms with E-state index < -0.39 is 5.63 Å². The molecule has 0 saturated heterocycles. The molecule has 0 aliphatic rings. The summed E-state index contributed by atoms with van der Waals surface area (Å²) in [4.78, 5) is 23.9. The Labute approximate surface area is 166 Å². The number of hydrogen-bond donors (Lipinski definition) is 2. The van der Waals surface area contributed by atoms with E-state index in [9.17, 15) is 9.59 Å². The number of para-hydroxylation sites is 1. The highest BCUT2D eigenvalue weighted by atomic mass is 35.5. The molecule has 27 heavy (non-hydrogen) atoms. The highest BCUT2D eigenvalue weighted by molar-refractivity contribution is 7.80. The van der Waals surface area contributed by atoms with E-state index in [2.05, 4.69) is 10.6 Å². The Kier molecular flexibility index (Phi) is 5.88. The predicted octanol–water partition coefficient (Wildman–Crippen LogP) is 4.73. The van der Waals surface area contributed by atoms with Crippen LogP contribution in [0.15, 0.2) is 57.7 Å². The Hall–Kier alpha value is -2.70. The molecule has 0 spiro atoms. The lowest BCUT2D eigenvalue weighted by Gasteiger charge is -2.11. The van der Waals surface area contributed by atoms with Gasteiger partial charge >= 0.3 is 5.63 Å². The molecule has 7 heteroatoms. The van der Waals surface area contributed by atoms with E-state index in [0.717, 1.165) is 11.8 Å². The Morgan fingerprint density at radius 3 is 2.67 bits per heavy atom. The topological polar surface area (TPSA) is 71.3 Å². The van der Waals surface area contributed by atoms with E-state index in [1.54, 1.807) is 36.4 Å². The van der Waals surface area contributed by atoms with Gasteiger partial charge in [-0.15, -0.1) is 0 Å². The number of anilines is 1. The standard InChI is InChI=1S/C20H17ClN2O3S/c1-2-5-18(24)23-20(27)22-13-8-9-14(16(21)11-13)15-10-12-6-3-4-7-17(12)26-19(15)25/h3-4,6-11H,2,5H2,1H3,(H2,22,23,24,27). The number of nitrogens with one attached hydrogen (secondary N) is 2. The monoisotopic (exact) mass is 400 g/mol. The van der Waals surface area contributed by atoms with Crippen LogP contribution in [0.4, 0.5) is 5.69 Å². The molecule has 0 atom stereocenters. The maximum absolute atomic E-state index is 12.3. The molecule has 3 aromatic rings. The van der Waals surface area contributed by atoms with Crippen LogP contribution < -0.4 is 16.3 Å². The van der Waals surface area contributed by atoms with Crippen molar-refractivity contribution in [2.45, 2.75) is 19.8 Å². The van der Waals surface area contributed by atoms with E-state index in [-0.39, 0.29) is 11.0 Å². The summed E-state index contributed by atoms with van der Waals surface area (Å²) in [6, 6.07) is 14.1. The molecule has 2 N–H and O–H groups in total. The smallest absolute Gasteiger partial charge is 0.344 e. The average molecular weight is 401 g/mol. The number of thiocarbonyl (C=S) groups is 1. The fourth-order valence-electron chi connectivity index (χ4n) is 2.64. The van der Waals surface area contributed by atoms with Crippen molar-refractivity contribution >= 4 is 51.5 Å². The summed E-state index contributed by atoms with van der Waals surface area (Å²) in [7, 11) is 0. The normalized spacial score (nSPS) is 10.6. The number of benzene rings is 2. The van der Waals surface area contributed by atoms with Gasteiger partial charge in [0.15, 0.2) is 5.11 Å². The third-order valence-electron chi connectivity index (χ3n) is 3.89. The summed E-state index contributed by atoms with van der Waals surface area (Å²) in [6.45, 7) is 1.91. The van der Waals surface area contributed by atoms with Crippen LogP contribution in [-0.2, 0) is 4.79 Å². The van der Waals surface area contributed by atoms with Crippen LogP contribution in [0, 0.1) is 0 Å². The van der Waals surface area contributed by atoms with E-state index in [4.69, 9.17) is 28.2 Å². The minimum Gasteiger partial charge on any atom is -0.422 e. The highest BCUT2D eigenvalue weighted by Gasteiger charge is 2.12. The van der Waals surface area contributed by atoms with E-state index in [0.29, 0.717) is 33.8 Å². The van der Waals surface area contributed by atoms with Crippen LogP contribution in [-0.4, -0.2) is 11.0 Å². The van der Waals surface area contributed by atoms with E-state index in [1.165, 1.54) is 0 Å². The molecular formula is C20H17ClN2O3S. The molecule has 138 valence electrons. The van der Waals surface area contributed by atoms with Crippen molar-refractivity contribution in [1.82, 2.24) is 5.32 Å². The van der Waals surface area contributed by atoms with Crippen molar-refractivity contribution in [2.24, 2.45) is 0 Å². The first kappa shape index (κ1) is 19.1. The second-order valence-electron chi connectivity index (χ2n) is 5.93. The molecule has 0 aliphatic carbocycles. The molecule has 5 nitrogen and oxygen atoms in total. The van der Waals surface area contributed by atoms with Crippen molar-refractivity contribution in [3.8, 4) is 11.1 Å². The Bertz CT molecular complexity index is 1080. The van der Waals surface area contributed by atoms with Crippen LogP contribution in [0.2, 0.25) is 5.02 Å². The van der Waals surface area contributed by atoms with Crippen molar-refractivity contribution in [2.75, 3.05) is 5.32 Å². The lowest BCUT2D eigenvalue weighted by atomic mass is 10.1. The number of carbonyl (C=O) groups excluding carboxylic acids is 1. The number of hydrogen-bond acceptors (Lipinski definition) is 4. The van der Waals surface area contributed by atoms with Gasteiger partial charge in [0.1, 0.15) is 5.58 Å². The second-order valence-corrected chi connectivity index (χ2v) is 6.75. The van der Waals surface area contributed by atoms with Gasteiger partial charge in [0.25, 0.3) is 0 Å². The average Bonchev–Trinajstić information content (AvgIpc) is 2.61. The number of carbonyl (C=O) groups is 1. The molecule has 0 saturated carbocycles. The van der Waals surface area contributed by atoms with Gasteiger partial charge in [-0.05, 0) is 42.9 Å². The van der Waals surface area contributed by atoms with Crippen LogP contribution in [0.25, 0.3) is 22.1 Å². The highest BCUT2D eigenvalue weighted by Crippen LogP contribution is 2.30. The van der Waals surface area contributed by atoms with Crippen LogP contribution in [0.3, 0.4) is 0 Å². The summed E-state index contributed by atoms with van der Waals surface area (Å²) in [5.74, 6) is -0.147. The molecule has 0 unspecified atom stereocenters. The van der Waals surface area contributed by atoms with Gasteiger partial charge in [-0.1, -0.05) is 42.8 Å².